The minimum absolute atomic E-state index is 0.157. The molecule has 0 saturated heterocycles. The predicted octanol–water partition coefficient (Wildman–Crippen LogP) is 1.21. The number of carboxylic acid groups (broad SMARTS) is 1. The lowest BCUT2D eigenvalue weighted by Crippen LogP contribution is -2.42. The van der Waals surface area contributed by atoms with E-state index in [4.69, 9.17) is 0 Å². The molecule has 1 aliphatic rings. The summed E-state index contributed by atoms with van der Waals surface area (Å²) in [5.74, 6) is -2.94. The van der Waals surface area contributed by atoms with Gasteiger partial charge >= 0.3 is 0 Å². The zero-order valence-corrected chi connectivity index (χ0v) is 15.9. The number of sulfonamides is 1. The number of amides is 1. The fourth-order valence-corrected chi connectivity index (χ4v) is 4.84. The molecule has 0 unspecified atom stereocenters. The van der Waals surface area contributed by atoms with Crippen molar-refractivity contribution in [2.75, 3.05) is 18.4 Å². The Kier molecular flexibility index (Phi) is 6.77. The number of carbonyl (C=O) groups is 2. The average molecular weight is 381 g/mol. The summed E-state index contributed by atoms with van der Waals surface area (Å²) in [6.45, 7) is 4.30. The normalized spacial score (nSPS) is 20.7. The van der Waals surface area contributed by atoms with E-state index in [2.05, 4.69) is 5.32 Å². The number of hydrogen-bond donors (Lipinski definition) is 1. The lowest BCUT2D eigenvalue weighted by Gasteiger charge is -2.31. The maximum atomic E-state index is 12.5. The summed E-state index contributed by atoms with van der Waals surface area (Å²) in [4.78, 5) is 23.8. The molecule has 0 aromatic heterocycles. The number of carboxylic acids is 1. The topological polar surface area (TPSA) is 107 Å². The number of aliphatic carboxylic acids is 1. The monoisotopic (exact) mass is 381 g/mol. The molecule has 1 saturated carbocycles. The second-order valence-electron chi connectivity index (χ2n) is 6.42. The molecule has 0 heterocycles. The zero-order chi connectivity index (χ0) is 19.3. The summed E-state index contributed by atoms with van der Waals surface area (Å²) < 4.78 is 26.3. The second kappa shape index (κ2) is 8.64. The van der Waals surface area contributed by atoms with Gasteiger partial charge in [0.2, 0.25) is 15.9 Å². The Hall–Kier alpha value is -1.93. The molecule has 7 nitrogen and oxygen atoms in total. The van der Waals surface area contributed by atoms with Crippen molar-refractivity contribution in [3.63, 3.8) is 0 Å². The number of hydrogen-bond acceptors (Lipinski definition) is 5. The Morgan fingerprint density at radius 1 is 1.08 bits per heavy atom. The first-order valence-electron chi connectivity index (χ1n) is 8.93. The highest BCUT2D eigenvalue weighted by Crippen LogP contribution is 2.31. The third-order valence-corrected chi connectivity index (χ3v) is 6.93. The van der Waals surface area contributed by atoms with Crippen LogP contribution in [0.2, 0.25) is 0 Å². The van der Waals surface area contributed by atoms with Gasteiger partial charge in [0.25, 0.3) is 0 Å². The number of nitrogens with zero attached hydrogens (tertiary/aromatic N) is 1. The average Bonchev–Trinajstić information content (AvgIpc) is 2.63. The van der Waals surface area contributed by atoms with Crippen molar-refractivity contribution >= 4 is 27.6 Å². The van der Waals surface area contributed by atoms with Crippen molar-refractivity contribution in [3.05, 3.63) is 24.3 Å². The molecule has 0 bridgehead atoms. The number of carbonyl (C=O) groups excluding carboxylic acids is 2. The number of anilines is 1. The summed E-state index contributed by atoms with van der Waals surface area (Å²) in [5, 5.41) is 13.9. The van der Waals surface area contributed by atoms with Crippen LogP contribution in [0.15, 0.2) is 29.2 Å². The highest BCUT2D eigenvalue weighted by atomic mass is 32.2. The molecule has 0 radical (unpaired) electrons. The van der Waals surface area contributed by atoms with Crippen molar-refractivity contribution in [2.45, 2.75) is 44.4 Å². The summed E-state index contributed by atoms with van der Waals surface area (Å²) >= 11 is 0. The third-order valence-electron chi connectivity index (χ3n) is 4.87. The smallest absolute Gasteiger partial charge is 0.243 e. The molecular formula is C18H25N2O5S-. The van der Waals surface area contributed by atoms with Crippen LogP contribution in [0.25, 0.3) is 0 Å². The van der Waals surface area contributed by atoms with Crippen LogP contribution in [0.5, 0.6) is 0 Å². The minimum atomic E-state index is -3.55. The first-order valence-corrected chi connectivity index (χ1v) is 10.4. The predicted molar refractivity (Wildman–Crippen MR) is 95.6 cm³/mol. The fraction of sp³-hybridized carbons (Fsp3) is 0.556. The molecule has 1 aromatic rings. The summed E-state index contributed by atoms with van der Waals surface area (Å²) in [5.41, 5.74) is 0.441. The molecule has 1 N–H and O–H groups in total. The maximum Gasteiger partial charge on any atom is 0.243 e. The number of benzene rings is 1. The Bertz CT molecular complexity index is 741. The van der Waals surface area contributed by atoms with Gasteiger partial charge in [-0.2, -0.15) is 4.31 Å². The summed E-state index contributed by atoms with van der Waals surface area (Å²) in [6, 6.07) is 5.93. The molecule has 1 fully saturated rings. The highest BCUT2D eigenvalue weighted by molar-refractivity contribution is 7.89. The van der Waals surface area contributed by atoms with Gasteiger partial charge in [0.05, 0.1) is 4.90 Å². The van der Waals surface area contributed by atoms with Gasteiger partial charge in [-0.15, -0.1) is 0 Å². The van der Waals surface area contributed by atoms with Crippen LogP contribution in [0, 0.1) is 11.8 Å². The van der Waals surface area contributed by atoms with Crippen molar-refractivity contribution in [2.24, 2.45) is 11.8 Å². The van der Waals surface area contributed by atoms with Crippen molar-refractivity contribution in [1.82, 2.24) is 4.31 Å². The molecule has 1 aliphatic carbocycles. The van der Waals surface area contributed by atoms with Crippen molar-refractivity contribution in [1.29, 1.82) is 0 Å². The maximum absolute atomic E-state index is 12.5. The van der Waals surface area contributed by atoms with Crippen LogP contribution in [0.3, 0.4) is 0 Å². The standard InChI is InChI=1S/C18H26N2O5S/c1-3-20(4-2)26(24,25)14-11-9-13(10-12-14)19-17(21)15-7-5-6-8-16(15)18(22)23/h9-12,15-16H,3-8H2,1-2H3,(H,19,21)(H,22,23)/p-1/t15-,16+/m0/s1. The lowest BCUT2D eigenvalue weighted by atomic mass is 9.78. The molecule has 8 heteroatoms. The van der Waals surface area contributed by atoms with E-state index >= 15 is 0 Å². The van der Waals surface area contributed by atoms with Gasteiger partial charge in [0, 0.05) is 36.6 Å². The first-order chi connectivity index (χ1) is 12.3. The van der Waals surface area contributed by atoms with E-state index in [1.165, 1.54) is 28.6 Å². The van der Waals surface area contributed by atoms with Gasteiger partial charge in [-0.05, 0) is 37.1 Å². The van der Waals surface area contributed by atoms with Crippen LogP contribution in [0.4, 0.5) is 5.69 Å². The zero-order valence-electron chi connectivity index (χ0n) is 15.1. The molecule has 144 valence electrons. The van der Waals surface area contributed by atoms with Crippen LogP contribution >= 0.6 is 0 Å². The number of nitrogens with one attached hydrogen (secondary N) is 1. The van der Waals surface area contributed by atoms with Gasteiger partial charge in [0.15, 0.2) is 0 Å². The van der Waals surface area contributed by atoms with Gasteiger partial charge in [-0.3, -0.25) is 4.79 Å². The molecule has 26 heavy (non-hydrogen) atoms. The van der Waals surface area contributed by atoms with E-state index in [9.17, 15) is 23.1 Å². The quantitative estimate of drug-likeness (QED) is 0.764. The molecule has 0 spiro atoms. The van der Waals surface area contributed by atoms with E-state index in [1.54, 1.807) is 13.8 Å². The number of rotatable bonds is 7. The highest BCUT2D eigenvalue weighted by Gasteiger charge is 2.31. The second-order valence-corrected chi connectivity index (χ2v) is 8.36. The molecule has 1 aromatic carbocycles. The van der Waals surface area contributed by atoms with E-state index in [0.717, 1.165) is 12.8 Å². The van der Waals surface area contributed by atoms with Crippen LogP contribution in [0.1, 0.15) is 39.5 Å². The summed E-state index contributed by atoms with van der Waals surface area (Å²) in [6.07, 6.45) is 2.55. The SMILES string of the molecule is CCN(CC)S(=O)(=O)c1ccc(NC(=O)[C@H]2CCCC[C@H]2C(=O)[O-])cc1. The fourth-order valence-electron chi connectivity index (χ4n) is 3.38. The Balaban J connectivity index is 2.11. The Morgan fingerprint density at radius 3 is 2.12 bits per heavy atom. The van der Waals surface area contributed by atoms with Crippen LogP contribution in [-0.2, 0) is 19.6 Å². The van der Waals surface area contributed by atoms with Gasteiger partial charge < -0.3 is 15.2 Å². The molecule has 2 atom stereocenters. The Labute approximate surface area is 154 Å². The molecule has 2 rings (SSSR count). The van der Waals surface area contributed by atoms with Gasteiger partial charge in [-0.1, -0.05) is 26.7 Å². The van der Waals surface area contributed by atoms with E-state index in [0.29, 0.717) is 31.6 Å². The van der Waals surface area contributed by atoms with Crippen molar-refractivity contribution in [3.8, 4) is 0 Å². The Morgan fingerprint density at radius 2 is 1.62 bits per heavy atom. The van der Waals surface area contributed by atoms with Crippen LogP contribution in [-0.4, -0.2) is 37.7 Å². The molecular weight excluding hydrogens is 356 g/mol. The van der Waals surface area contributed by atoms with Gasteiger partial charge in [0.1, 0.15) is 0 Å². The summed E-state index contributed by atoms with van der Waals surface area (Å²) in [7, 11) is -3.55. The largest absolute Gasteiger partial charge is 0.550 e. The van der Waals surface area contributed by atoms with E-state index < -0.39 is 27.8 Å². The third kappa shape index (κ3) is 4.42. The van der Waals surface area contributed by atoms with Gasteiger partial charge in [-0.25, -0.2) is 8.42 Å². The van der Waals surface area contributed by atoms with E-state index in [1.807, 2.05) is 0 Å². The first kappa shape index (κ1) is 20.4. The molecule has 1 amide bonds. The molecule has 0 aliphatic heterocycles. The van der Waals surface area contributed by atoms with E-state index in [-0.39, 0.29) is 10.8 Å². The minimum Gasteiger partial charge on any atom is -0.550 e. The van der Waals surface area contributed by atoms with Crippen molar-refractivity contribution < 1.29 is 23.1 Å². The lowest BCUT2D eigenvalue weighted by molar-refractivity contribution is -0.313. The van der Waals surface area contributed by atoms with Crippen LogP contribution < -0.4 is 10.4 Å².